The molecule has 0 amide bonds. The number of carbonyl (C=O) groups excluding carboxylic acids is 3. The van der Waals surface area contributed by atoms with Gasteiger partial charge in [-0.05, 0) is 46.2 Å². The predicted octanol–water partition coefficient (Wildman–Crippen LogP) is 3.38. The number of Topliss-reactive ketones (excluding diaryl/α,β-unsaturated/α-hetero) is 2. The van der Waals surface area contributed by atoms with Crippen molar-refractivity contribution in [1.29, 1.82) is 0 Å². The molecule has 33 heavy (non-hydrogen) atoms. The van der Waals surface area contributed by atoms with E-state index >= 15 is 0 Å². The third-order valence-electron chi connectivity index (χ3n) is 6.33. The number of ether oxygens (including phenoxy) is 1. The Balaban J connectivity index is 1.72. The molecule has 2 aliphatic rings. The lowest BCUT2D eigenvalue weighted by molar-refractivity contribution is -0.123. The van der Waals surface area contributed by atoms with E-state index in [0.29, 0.717) is 18.7 Å². The number of rotatable bonds is 6. The van der Waals surface area contributed by atoms with Crippen molar-refractivity contribution in [3.63, 3.8) is 0 Å². The molecule has 2 heterocycles. The second-order valence-electron chi connectivity index (χ2n) is 8.50. The molecule has 0 fully saturated rings. The van der Waals surface area contributed by atoms with Crippen LogP contribution in [0.3, 0.4) is 0 Å². The number of aromatic hydroxyl groups is 2. The van der Waals surface area contributed by atoms with E-state index in [2.05, 4.69) is 5.32 Å². The first kappa shape index (κ1) is 22.4. The van der Waals surface area contributed by atoms with Crippen LogP contribution < -0.4 is 10.1 Å². The number of fused-ring (bicyclic) bond motifs is 3. The van der Waals surface area contributed by atoms with Crippen LogP contribution in [0.1, 0.15) is 54.4 Å². The smallest absolute Gasteiger partial charge is 0.194 e. The van der Waals surface area contributed by atoms with Crippen molar-refractivity contribution in [2.24, 2.45) is 0 Å². The Hall–Kier alpha value is -3.81. The lowest BCUT2D eigenvalue weighted by Gasteiger charge is -2.29. The first-order valence-electron chi connectivity index (χ1n) is 10.6. The zero-order chi connectivity index (χ0) is 24.1. The van der Waals surface area contributed by atoms with Crippen molar-refractivity contribution in [2.45, 2.75) is 46.0 Å². The molecule has 2 aromatic rings. The molecule has 0 unspecified atom stereocenters. The van der Waals surface area contributed by atoms with Gasteiger partial charge in [0.15, 0.2) is 17.3 Å². The van der Waals surface area contributed by atoms with Crippen LogP contribution in [0.4, 0.5) is 0 Å². The quantitative estimate of drug-likeness (QED) is 0.264. The maximum absolute atomic E-state index is 13.7. The molecule has 0 radical (unpaired) electrons. The summed E-state index contributed by atoms with van der Waals surface area (Å²) >= 11 is 0. The monoisotopic (exact) mass is 451 g/mol. The largest absolute Gasteiger partial charge is 0.507 e. The zero-order valence-corrected chi connectivity index (χ0v) is 18.9. The number of aryl methyl sites for hydroxylation is 1. The predicted molar refractivity (Wildman–Crippen MR) is 118 cm³/mol. The van der Waals surface area contributed by atoms with Crippen LogP contribution in [0.2, 0.25) is 0 Å². The van der Waals surface area contributed by atoms with Crippen molar-refractivity contribution in [1.82, 2.24) is 5.32 Å². The summed E-state index contributed by atoms with van der Waals surface area (Å²) in [6, 6.07) is 3.70. The molecule has 3 N–H and O–H groups in total. The molecule has 172 valence electrons. The van der Waals surface area contributed by atoms with Gasteiger partial charge in [0, 0.05) is 30.3 Å². The Morgan fingerprint density at radius 3 is 2.55 bits per heavy atom. The molecule has 4 rings (SSSR count). The highest BCUT2D eigenvalue weighted by Gasteiger charge is 2.56. The van der Waals surface area contributed by atoms with Crippen molar-refractivity contribution < 1.29 is 33.8 Å². The van der Waals surface area contributed by atoms with Gasteiger partial charge < -0.3 is 24.7 Å². The molecule has 8 heteroatoms. The lowest BCUT2D eigenvalue weighted by Crippen LogP contribution is -2.41. The van der Waals surface area contributed by atoms with E-state index in [4.69, 9.17) is 9.15 Å². The van der Waals surface area contributed by atoms with Gasteiger partial charge in [-0.3, -0.25) is 14.4 Å². The maximum Gasteiger partial charge on any atom is 0.194 e. The third kappa shape index (κ3) is 3.33. The number of phenolic OH excluding ortho intramolecular Hbond substituents is 2. The molecule has 1 aliphatic carbocycles. The molecular weight excluding hydrogens is 426 g/mol. The SMILES string of the molecule is CC(=O)c1c(O)c(C)c(O)c2c1OC1=CC(=O)C(=C(C)NCCCc3ccco3)C(=O)[C@@]12C. The average Bonchev–Trinajstić information content (AvgIpc) is 3.36. The van der Waals surface area contributed by atoms with Gasteiger partial charge in [-0.15, -0.1) is 0 Å². The van der Waals surface area contributed by atoms with Gasteiger partial charge in [0.1, 0.15) is 39.7 Å². The van der Waals surface area contributed by atoms with Crippen LogP contribution in [-0.2, 0) is 21.4 Å². The fourth-order valence-corrected chi connectivity index (χ4v) is 4.44. The Kier molecular flexibility index (Phi) is 5.40. The number of hydrogen-bond donors (Lipinski definition) is 3. The highest BCUT2D eigenvalue weighted by atomic mass is 16.5. The highest BCUT2D eigenvalue weighted by Crippen LogP contribution is 2.57. The Bertz CT molecular complexity index is 1250. The second kappa shape index (κ2) is 7.95. The molecule has 0 saturated heterocycles. The van der Waals surface area contributed by atoms with Crippen LogP contribution in [-0.4, -0.2) is 34.1 Å². The summed E-state index contributed by atoms with van der Waals surface area (Å²) in [5.41, 5.74) is -1.12. The summed E-state index contributed by atoms with van der Waals surface area (Å²) in [6.45, 7) is 6.42. The van der Waals surface area contributed by atoms with Crippen molar-refractivity contribution in [2.75, 3.05) is 6.54 Å². The molecule has 1 atom stereocenters. The molecule has 0 spiro atoms. The molecule has 0 saturated carbocycles. The first-order valence-corrected chi connectivity index (χ1v) is 10.6. The van der Waals surface area contributed by atoms with E-state index in [9.17, 15) is 24.6 Å². The Morgan fingerprint density at radius 2 is 1.91 bits per heavy atom. The molecular formula is C25H25NO7. The van der Waals surface area contributed by atoms with E-state index < -0.39 is 28.5 Å². The minimum Gasteiger partial charge on any atom is -0.507 e. The zero-order valence-electron chi connectivity index (χ0n) is 18.9. The van der Waals surface area contributed by atoms with Gasteiger partial charge in [0.2, 0.25) is 0 Å². The van der Waals surface area contributed by atoms with Crippen molar-refractivity contribution in [3.8, 4) is 17.2 Å². The van der Waals surface area contributed by atoms with E-state index in [1.165, 1.54) is 19.9 Å². The van der Waals surface area contributed by atoms with Gasteiger partial charge in [-0.25, -0.2) is 0 Å². The molecule has 1 aromatic heterocycles. The van der Waals surface area contributed by atoms with Gasteiger partial charge in [-0.2, -0.15) is 0 Å². The number of nitrogens with one attached hydrogen (secondary N) is 1. The van der Waals surface area contributed by atoms with E-state index in [1.807, 2.05) is 12.1 Å². The number of phenols is 2. The number of furan rings is 1. The average molecular weight is 451 g/mol. The summed E-state index contributed by atoms with van der Waals surface area (Å²) < 4.78 is 11.1. The number of carbonyl (C=O) groups is 3. The normalized spacial score (nSPS) is 20.7. The number of allylic oxidation sites excluding steroid dienone is 4. The van der Waals surface area contributed by atoms with E-state index in [1.54, 1.807) is 20.1 Å². The highest BCUT2D eigenvalue weighted by molar-refractivity contribution is 6.31. The molecule has 8 nitrogen and oxygen atoms in total. The Labute approximate surface area is 190 Å². The topological polar surface area (TPSA) is 126 Å². The minimum absolute atomic E-state index is 0.0182. The summed E-state index contributed by atoms with van der Waals surface area (Å²) in [7, 11) is 0. The number of hydrogen-bond acceptors (Lipinski definition) is 8. The molecule has 1 aromatic carbocycles. The fourth-order valence-electron chi connectivity index (χ4n) is 4.44. The number of ketones is 3. The van der Waals surface area contributed by atoms with E-state index in [0.717, 1.165) is 12.2 Å². The summed E-state index contributed by atoms with van der Waals surface area (Å²) in [4.78, 5) is 38.8. The Morgan fingerprint density at radius 1 is 1.18 bits per heavy atom. The van der Waals surface area contributed by atoms with Gasteiger partial charge in [-0.1, -0.05) is 0 Å². The summed E-state index contributed by atoms with van der Waals surface area (Å²) in [5, 5.41) is 24.4. The maximum atomic E-state index is 13.7. The van der Waals surface area contributed by atoms with Crippen LogP contribution in [0.15, 0.2) is 45.9 Å². The van der Waals surface area contributed by atoms with Crippen LogP contribution in [0.25, 0.3) is 0 Å². The fraction of sp³-hybridized carbons (Fsp3) is 0.320. The van der Waals surface area contributed by atoms with Crippen molar-refractivity contribution >= 4 is 17.3 Å². The van der Waals surface area contributed by atoms with Crippen LogP contribution in [0.5, 0.6) is 17.2 Å². The lowest BCUT2D eigenvalue weighted by atomic mass is 9.70. The summed E-state index contributed by atoms with van der Waals surface area (Å²) in [5.74, 6) is -1.54. The molecule has 0 bridgehead atoms. The van der Waals surface area contributed by atoms with Gasteiger partial charge in [0.05, 0.1) is 17.4 Å². The van der Waals surface area contributed by atoms with Crippen LogP contribution in [0, 0.1) is 6.92 Å². The third-order valence-corrected chi connectivity index (χ3v) is 6.33. The van der Waals surface area contributed by atoms with Crippen molar-refractivity contribution in [3.05, 3.63) is 64.0 Å². The van der Waals surface area contributed by atoms with E-state index in [-0.39, 0.29) is 39.5 Å². The first-order chi connectivity index (χ1) is 15.6. The van der Waals surface area contributed by atoms with Crippen LogP contribution >= 0.6 is 0 Å². The minimum atomic E-state index is -1.51. The van der Waals surface area contributed by atoms with Gasteiger partial charge in [0.25, 0.3) is 0 Å². The summed E-state index contributed by atoms with van der Waals surface area (Å²) in [6.07, 6.45) is 4.25. The standard InChI is InChI=1S/C25H25NO7/c1-12-21(29)19(14(3)27)23-20(22(12)30)25(4)17(33-23)11-16(28)18(24(25)31)13(2)26-9-5-7-15-8-6-10-32-15/h6,8,10-11,26,29-30H,5,7,9H2,1-4H3/t25-/m0/s1. The second-order valence-corrected chi connectivity index (χ2v) is 8.50. The molecule has 1 aliphatic heterocycles. The number of benzene rings is 1. The van der Waals surface area contributed by atoms with Gasteiger partial charge >= 0.3 is 0 Å².